The predicted molar refractivity (Wildman–Crippen MR) is 125 cm³/mol. The van der Waals surface area contributed by atoms with Crippen LogP contribution >= 0.6 is 0 Å². The number of carbonyl (C=O) groups excluding carboxylic acids is 2. The molecule has 0 saturated heterocycles. The molecule has 3 aromatic rings. The average Bonchev–Trinajstić information content (AvgIpc) is 3.19. The lowest BCUT2D eigenvalue weighted by molar-refractivity contribution is -0.116. The number of nitrogens with zero attached hydrogens (tertiary/aromatic N) is 2. The van der Waals surface area contributed by atoms with E-state index >= 15 is 0 Å². The lowest BCUT2D eigenvalue weighted by Gasteiger charge is -2.34. The molecular formula is C26H26N4O2. The van der Waals surface area contributed by atoms with Crippen LogP contribution in [0.5, 0.6) is 0 Å². The van der Waals surface area contributed by atoms with E-state index in [-0.39, 0.29) is 17.7 Å². The topological polar surface area (TPSA) is 76.0 Å². The summed E-state index contributed by atoms with van der Waals surface area (Å²) < 4.78 is 1.79. The van der Waals surface area contributed by atoms with Crippen LogP contribution in [0.4, 0.5) is 11.5 Å². The Morgan fingerprint density at radius 1 is 1.06 bits per heavy atom. The quantitative estimate of drug-likeness (QED) is 0.612. The molecule has 1 aromatic heterocycles. The number of amides is 1. The molecule has 2 aromatic carbocycles. The predicted octanol–water partition coefficient (Wildman–Crippen LogP) is 5.08. The highest BCUT2D eigenvalue weighted by Gasteiger charge is 2.38. The number of hydrogen-bond acceptors (Lipinski definition) is 4. The number of rotatable bonds is 3. The summed E-state index contributed by atoms with van der Waals surface area (Å²) in [5, 5.41) is 11.0. The van der Waals surface area contributed by atoms with Crippen LogP contribution in [0.25, 0.3) is 0 Å². The molecule has 0 radical (unpaired) electrons. The number of ketones is 1. The van der Waals surface area contributed by atoms with Crippen molar-refractivity contribution in [2.45, 2.75) is 46.1 Å². The number of aromatic nitrogens is 2. The number of benzene rings is 2. The first kappa shape index (κ1) is 20.2. The third-order valence-corrected chi connectivity index (χ3v) is 6.53. The largest absolute Gasteiger partial charge is 0.343 e. The van der Waals surface area contributed by atoms with Gasteiger partial charge in [0.1, 0.15) is 17.4 Å². The van der Waals surface area contributed by atoms with E-state index < -0.39 is 0 Å². The van der Waals surface area contributed by atoms with Crippen molar-refractivity contribution in [3.05, 3.63) is 87.7 Å². The molecule has 1 atom stereocenters. The Morgan fingerprint density at radius 2 is 1.88 bits per heavy atom. The van der Waals surface area contributed by atoms with Crippen LogP contribution in [-0.4, -0.2) is 21.5 Å². The van der Waals surface area contributed by atoms with E-state index in [2.05, 4.69) is 15.7 Å². The number of carbonyl (C=O) groups is 2. The Labute approximate surface area is 187 Å². The normalized spacial score (nSPS) is 17.5. The van der Waals surface area contributed by atoms with E-state index in [0.717, 1.165) is 46.5 Å². The second kappa shape index (κ2) is 7.79. The van der Waals surface area contributed by atoms with Crippen molar-refractivity contribution in [2.75, 3.05) is 10.6 Å². The van der Waals surface area contributed by atoms with Crippen molar-refractivity contribution < 1.29 is 9.59 Å². The molecule has 162 valence electrons. The second-order valence-corrected chi connectivity index (χ2v) is 8.66. The molecule has 2 aliphatic rings. The van der Waals surface area contributed by atoms with Crippen molar-refractivity contribution in [1.82, 2.24) is 9.78 Å². The third kappa shape index (κ3) is 3.32. The first-order chi connectivity index (χ1) is 15.4. The summed E-state index contributed by atoms with van der Waals surface area (Å²) >= 11 is 0. The number of hydrogen-bond donors (Lipinski definition) is 2. The van der Waals surface area contributed by atoms with Crippen LogP contribution in [0.3, 0.4) is 0 Å². The molecule has 0 saturated carbocycles. The highest BCUT2D eigenvalue weighted by atomic mass is 16.1. The van der Waals surface area contributed by atoms with Gasteiger partial charge in [-0.25, -0.2) is 4.68 Å². The zero-order valence-corrected chi connectivity index (χ0v) is 18.5. The summed E-state index contributed by atoms with van der Waals surface area (Å²) in [4.78, 5) is 26.1. The first-order valence-corrected chi connectivity index (χ1v) is 11.0. The van der Waals surface area contributed by atoms with Crippen LogP contribution in [-0.2, 0) is 4.79 Å². The smallest absolute Gasteiger partial charge is 0.261 e. The Hall–Kier alpha value is -3.67. The highest BCUT2D eigenvalue weighted by molar-refractivity contribution is 6.08. The molecule has 6 heteroatoms. The summed E-state index contributed by atoms with van der Waals surface area (Å²) in [6.07, 6.45) is 3.73. The van der Waals surface area contributed by atoms with Crippen LogP contribution < -0.4 is 10.6 Å². The zero-order chi connectivity index (χ0) is 22.4. The number of nitrogens with one attached hydrogen (secondary N) is 2. The van der Waals surface area contributed by atoms with Crippen LogP contribution in [0.1, 0.15) is 57.9 Å². The minimum absolute atomic E-state index is 0.147. The van der Waals surface area contributed by atoms with E-state index in [1.165, 1.54) is 5.56 Å². The van der Waals surface area contributed by atoms with Gasteiger partial charge in [-0.3, -0.25) is 9.59 Å². The molecule has 2 N–H and O–H groups in total. The van der Waals surface area contributed by atoms with Crippen LogP contribution in [0.15, 0.2) is 59.9 Å². The minimum atomic E-state index is -0.335. The lowest BCUT2D eigenvalue weighted by atomic mass is 9.84. The summed E-state index contributed by atoms with van der Waals surface area (Å²) in [5.74, 6) is 0.555. The highest BCUT2D eigenvalue weighted by Crippen LogP contribution is 2.42. The first-order valence-electron chi connectivity index (χ1n) is 11.0. The Kier molecular flexibility index (Phi) is 4.93. The molecular weight excluding hydrogens is 400 g/mol. The van der Waals surface area contributed by atoms with Gasteiger partial charge >= 0.3 is 0 Å². The van der Waals surface area contributed by atoms with Gasteiger partial charge in [0.2, 0.25) is 0 Å². The summed E-state index contributed by atoms with van der Waals surface area (Å²) in [6.45, 7) is 6.11. The van der Waals surface area contributed by atoms with Crippen LogP contribution in [0, 0.1) is 20.8 Å². The molecule has 1 aliphatic carbocycles. The number of anilines is 2. The fourth-order valence-corrected chi connectivity index (χ4v) is 4.62. The third-order valence-electron chi connectivity index (χ3n) is 6.53. The summed E-state index contributed by atoms with van der Waals surface area (Å²) in [6, 6.07) is 13.6. The van der Waals surface area contributed by atoms with E-state index in [9.17, 15) is 9.59 Å². The van der Waals surface area contributed by atoms with Crippen molar-refractivity contribution in [3.63, 3.8) is 0 Å². The monoisotopic (exact) mass is 426 g/mol. The number of Topliss-reactive ketones (excluding diaryl/α,β-unsaturated/α-hetero) is 1. The number of allylic oxidation sites excluding steroid dienone is 2. The SMILES string of the molecule is Cc1ccc(NC(=O)c2cnn3c2NC2=C(C(=O)CCC2)[C@H]3c2ccccc2C)cc1C. The molecule has 0 fully saturated rings. The van der Waals surface area contributed by atoms with Gasteiger partial charge in [-0.05, 0) is 68.0 Å². The molecule has 2 heterocycles. The second-order valence-electron chi connectivity index (χ2n) is 8.66. The van der Waals surface area contributed by atoms with Gasteiger partial charge in [0.15, 0.2) is 5.78 Å². The van der Waals surface area contributed by atoms with Crippen molar-refractivity contribution >= 4 is 23.2 Å². The molecule has 0 spiro atoms. The minimum Gasteiger partial charge on any atom is -0.343 e. The van der Waals surface area contributed by atoms with Crippen molar-refractivity contribution in [1.29, 1.82) is 0 Å². The van der Waals surface area contributed by atoms with Gasteiger partial charge in [-0.2, -0.15) is 5.10 Å². The maximum absolute atomic E-state index is 13.2. The van der Waals surface area contributed by atoms with Crippen molar-refractivity contribution in [2.24, 2.45) is 0 Å². The summed E-state index contributed by atoms with van der Waals surface area (Å²) in [7, 11) is 0. The molecule has 5 rings (SSSR count). The fraction of sp³-hybridized carbons (Fsp3) is 0.269. The van der Waals surface area contributed by atoms with Crippen LogP contribution in [0.2, 0.25) is 0 Å². The van der Waals surface area contributed by atoms with Gasteiger partial charge in [0.25, 0.3) is 5.91 Å². The van der Waals surface area contributed by atoms with Gasteiger partial charge in [0, 0.05) is 23.4 Å². The standard InChI is InChI=1S/C26H26N4O2/c1-15-11-12-18(13-17(15)3)28-26(32)20-14-27-30-24(19-8-5-4-7-16(19)2)23-21(29-25(20)30)9-6-10-22(23)31/h4-5,7-8,11-14,24,29H,6,9-10H2,1-3H3,(H,28,32)/t24-/m1/s1. The summed E-state index contributed by atoms with van der Waals surface area (Å²) in [5.41, 5.74) is 7.30. The average molecular weight is 427 g/mol. The van der Waals surface area contributed by atoms with Crippen molar-refractivity contribution in [3.8, 4) is 0 Å². The molecule has 1 aliphatic heterocycles. The van der Waals surface area contributed by atoms with E-state index in [4.69, 9.17) is 0 Å². The maximum Gasteiger partial charge on any atom is 0.261 e. The number of aryl methyl sites for hydroxylation is 3. The Balaban J connectivity index is 1.57. The number of fused-ring (bicyclic) bond motifs is 1. The Morgan fingerprint density at radius 3 is 2.66 bits per heavy atom. The Bertz CT molecular complexity index is 1280. The molecule has 1 amide bonds. The van der Waals surface area contributed by atoms with Gasteiger partial charge in [-0.1, -0.05) is 30.3 Å². The molecule has 0 bridgehead atoms. The molecule has 0 unspecified atom stereocenters. The van der Waals surface area contributed by atoms with E-state index in [1.54, 1.807) is 10.9 Å². The zero-order valence-electron chi connectivity index (χ0n) is 18.5. The van der Waals surface area contributed by atoms with E-state index in [1.807, 2.05) is 63.2 Å². The van der Waals surface area contributed by atoms with Gasteiger partial charge in [0.05, 0.1) is 6.20 Å². The van der Waals surface area contributed by atoms with Gasteiger partial charge < -0.3 is 10.6 Å². The van der Waals surface area contributed by atoms with Gasteiger partial charge in [-0.15, -0.1) is 0 Å². The molecule has 32 heavy (non-hydrogen) atoms. The lowest BCUT2D eigenvalue weighted by Crippen LogP contribution is -2.32. The van der Waals surface area contributed by atoms with E-state index in [0.29, 0.717) is 17.8 Å². The maximum atomic E-state index is 13.2. The fourth-order valence-electron chi connectivity index (χ4n) is 4.62. The molecule has 6 nitrogen and oxygen atoms in total.